The molecule has 4 N–H and O–H groups in total. The smallest absolute Gasteiger partial charge is 0.308 e. The van der Waals surface area contributed by atoms with Gasteiger partial charge in [0, 0.05) is 0 Å². The molecule has 19 heavy (non-hydrogen) atoms. The van der Waals surface area contributed by atoms with Gasteiger partial charge < -0.3 is 16.2 Å². The third-order valence-corrected chi connectivity index (χ3v) is 3.70. The van der Waals surface area contributed by atoms with Crippen molar-refractivity contribution in [3.05, 3.63) is 24.8 Å². The maximum atomic E-state index is 12.0. The quantitative estimate of drug-likeness (QED) is 0.417. The van der Waals surface area contributed by atoms with Crippen molar-refractivity contribution in [2.45, 2.75) is 25.7 Å². The van der Waals surface area contributed by atoms with Crippen LogP contribution in [-0.2, 0) is 9.53 Å². The minimum Gasteiger partial charge on any atom is -0.465 e. The van der Waals surface area contributed by atoms with Gasteiger partial charge in [0.1, 0.15) is 0 Å². The lowest BCUT2D eigenvalue weighted by atomic mass is 9.75. The van der Waals surface area contributed by atoms with Crippen LogP contribution >= 0.6 is 0 Å². The van der Waals surface area contributed by atoms with E-state index in [0.29, 0.717) is 31.5 Å². The molecule has 0 saturated heterocycles. The first-order valence-corrected chi connectivity index (χ1v) is 7.05. The number of esters is 1. The molecule has 1 fully saturated rings. The van der Waals surface area contributed by atoms with Gasteiger partial charge in [-0.25, -0.2) is 0 Å². The molecule has 108 valence electrons. The van der Waals surface area contributed by atoms with Gasteiger partial charge in [0.05, 0.1) is 12.5 Å². The fourth-order valence-electron chi connectivity index (χ4n) is 2.68. The van der Waals surface area contributed by atoms with Crippen LogP contribution in [0.15, 0.2) is 24.8 Å². The predicted molar refractivity (Wildman–Crippen MR) is 77.3 cm³/mol. The van der Waals surface area contributed by atoms with Crippen molar-refractivity contribution in [2.24, 2.45) is 29.2 Å². The Labute approximate surface area is 115 Å². The first-order chi connectivity index (χ1) is 9.21. The lowest BCUT2D eigenvalue weighted by Gasteiger charge is -2.32. The van der Waals surface area contributed by atoms with Crippen molar-refractivity contribution in [3.8, 4) is 0 Å². The van der Waals surface area contributed by atoms with Crippen molar-refractivity contribution in [1.29, 1.82) is 0 Å². The maximum absolute atomic E-state index is 12.0. The van der Waals surface area contributed by atoms with Gasteiger partial charge in [-0.3, -0.25) is 4.79 Å². The summed E-state index contributed by atoms with van der Waals surface area (Å²) in [6, 6.07) is 0. The van der Waals surface area contributed by atoms with Crippen LogP contribution in [0.25, 0.3) is 0 Å². The van der Waals surface area contributed by atoms with Crippen LogP contribution in [0.2, 0.25) is 0 Å². The minimum atomic E-state index is -0.0939. The van der Waals surface area contributed by atoms with Gasteiger partial charge in [-0.2, -0.15) is 0 Å². The van der Waals surface area contributed by atoms with Crippen LogP contribution in [0.4, 0.5) is 0 Å². The Balaban J connectivity index is 2.37. The molecule has 0 heterocycles. The van der Waals surface area contributed by atoms with E-state index >= 15 is 0 Å². The van der Waals surface area contributed by atoms with E-state index in [9.17, 15) is 4.79 Å². The Bertz CT molecular complexity index is 303. The molecule has 0 bridgehead atoms. The second kappa shape index (κ2) is 8.88. The van der Waals surface area contributed by atoms with Crippen molar-refractivity contribution in [2.75, 3.05) is 19.7 Å². The molecule has 1 aliphatic rings. The van der Waals surface area contributed by atoms with Crippen molar-refractivity contribution in [3.63, 3.8) is 0 Å². The van der Waals surface area contributed by atoms with Gasteiger partial charge >= 0.3 is 5.97 Å². The Hall–Kier alpha value is -1.13. The number of hydrogen-bond donors (Lipinski definition) is 2. The number of hydrogen-bond acceptors (Lipinski definition) is 4. The summed E-state index contributed by atoms with van der Waals surface area (Å²) in [5.74, 6) is 0.684. The first kappa shape index (κ1) is 15.9. The number of allylic oxidation sites excluding steroid dienone is 2. The van der Waals surface area contributed by atoms with Crippen LogP contribution < -0.4 is 11.5 Å². The molecule has 0 aromatic carbocycles. The Morgan fingerprint density at radius 1 is 1.21 bits per heavy atom. The van der Waals surface area contributed by atoms with Gasteiger partial charge in [-0.05, 0) is 50.6 Å². The minimum absolute atomic E-state index is 0.0285. The van der Waals surface area contributed by atoms with E-state index in [1.54, 1.807) is 6.08 Å². The van der Waals surface area contributed by atoms with Gasteiger partial charge in [0.2, 0.25) is 0 Å². The molecule has 0 radical (unpaired) electrons. The standard InChI is InChI=1S/C15H26N2O2/c1-2-3-4-5-6-19-15(18)14-8-12(10-16)7-13(9-14)11-17/h2-4,12-14H,1,5-11,16-17H2/b4-3+. The van der Waals surface area contributed by atoms with Gasteiger partial charge in [0.15, 0.2) is 0 Å². The highest BCUT2D eigenvalue weighted by Crippen LogP contribution is 2.33. The maximum Gasteiger partial charge on any atom is 0.308 e. The number of carbonyl (C=O) groups is 1. The summed E-state index contributed by atoms with van der Waals surface area (Å²) in [6.07, 6.45) is 8.95. The van der Waals surface area contributed by atoms with Gasteiger partial charge in [-0.1, -0.05) is 24.8 Å². The van der Waals surface area contributed by atoms with E-state index in [1.165, 1.54) is 0 Å². The highest BCUT2D eigenvalue weighted by molar-refractivity contribution is 5.72. The highest BCUT2D eigenvalue weighted by Gasteiger charge is 2.32. The van der Waals surface area contributed by atoms with E-state index in [2.05, 4.69) is 6.58 Å². The molecular formula is C15H26N2O2. The topological polar surface area (TPSA) is 78.3 Å². The lowest BCUT2D eigenvalue weighted by molar-refractivity contribution is -0.150. The normalized spacial score (nSPS) is 27.4. The summed E-state index contributed by atoms with van der Waals surface area (Å²) in [4.78, 5) is 12.0. The molecule has 0 amide bonds. The first-order valence-electron chi connectivity index (χ1n) is 7.05. The van der Waals surface area contributed by atoms with E-state index in [1.807, 2.05) is 12.2 Å². The molecule has 2 unspecified atom stereocenters. The van der Waals surface area contributed by atoms with E-state index in [0.717, 1.165) is 25.7 Å². The van der Waals surface area contributed by atoms with Gasteiger partial charge in [-0.15, -0.1) is 0 Å². The Morgan fingerprint density at radius 2 is 1.84 bits per heavy atom. The molecule has 0 aliphatic heterocycles. The van der Waals surface area contributed by atoms with Crippen LogP contribution in [0.5, 0.6) is 0 Å². The number of rotatable bonds is 7. The molecule has 2 atom stereocenters. The van der Waals surface area contributed by atoms with Crippen molar-refractivity contribution < 1.29 is 9.53 Å². The van der Waals surface area contributed by atoms with Crippen molar-refractivity contribution >= 4 is 5.97 Å². The molecule has 0 spiro atoms. The van der Waals surface area contributed by atoms with E-state index < -0.39 is 0 Å². The Morgan fingerprint density at radius 3 is 2.37 bits per heavy atom. The second-order valence-corrected chi connectivity index (χ2v) is 5.23. The van der Waals surface area contributed by atoms with Gasteiger partial charge in [0.25, 0.3) is 0 Å². The van der Waals surface area contributed by atoms with E-state index in [-0.39, 0.29) is 11.9 Å². The predicted octanol–water partition coefficient (Wildman–Crippen LogP) is 1.61. The summed E-state index contributed by atoms with van der Waals surface area (Å²) >= 11 is 0. The van der Waals surface area contributed by atoms with Crippen LogP contribution in [0, 0.1) is 17.8 Å². The summed E-state index contributed by atoms with van der Waals surface area (Å²) in [7, 11) is 0. The number of carbonyl (C=O) groups excluding carboxylic acids is 1. The molecular weight excluding hydrogens is 240 g/mol. The summed E-state index contributed by atoms with van der Waals surface area (Å²) in [5.41, 5.74) is 11.5. The van der Waals surface area contributed by atoms with E-state index in [4.69, 9.17) is 16.2 Å². The van der Waals surface area contributed by atoms with Crippen LogP contribution in [-0.4, -0.2) is 25.7 Å². The summed E-state index contributed by atoms with van der Waals surface area (Å²) in [5, 5.41) is 0. The molecule has 0 aromatic rings. The molecule has 4 nitrogen and oxygen atoms in total. The average Bonchev–Trinajstić information content (AvgIpc) is 2.46. The monoisotopic (exact) mass is 266 g/mol. The summed E-state index contributed by atoms with van der Waals surface area (Å²) < 4.78 is 5.31. The summed E-state index contributed by atoms with van der Waals surface area (Å²) in [6.45, 7) is 5.27. The van der Waals surface area contributed by atoms with Crippen LogP contribution in [0.1, 0.15) is 25.7 Å². The zero-order chi connectivity index (χ0) is 14.1. The largest absolute Gasteiger partial charge is 0.465 e. The van der Waals surface area contributed by atoms with Crippen molar-refractivity contribution in [1.82, 2.24) is 0 Å². The number of nitrogens with two attached hydrogens (primary N) is 2. The zero-order valence-corrected chi connectivity index (χ0v) is 11.6. The number of ether oxygens (including phenoxy) is 1. The van der Waals surface area contributed by atoms with Crippen LogP contribution in [0.3, 0.4) is 0 Å². The zero-order valence-electron chi connectivity index (χ0n) is 11.6. The lowest BCUT2D eigenvalue weighted by Crippen LogP contribution is -2.35. The average molecular weight is 266 g/mol. The molecule has 0 aromatic heterocycles. The molecule has 1 saturated carbocycles. The fraction of sp³-hybridized carbons (Fsp3) is 0.667. The molecule has 1 rings (SSSR count). The fourth-order valence-corrected chi connectivity index (χ4v) is 2.68. The second-order valence-electron chi connectivity index (χ2n) is 5.23. The molecule has 4 heteroatoms. The highest BCUT2D eigenvalue weighted by atomic mass is 16.5. The third kappa shape index (κ3) is 5.57. The Kier molecular flexibility index (Phi) is 7.45. The SMILES string of the molecule is C=C/C=C/CCOC(=O)C1CC(CN)CC(CN)C1. The molecule has 1 aliphatic carbocycles. The third-order valence-electron chi connectivity index (χ3n) is 3.70.